The van der Waals surface area contributed by atoms with Crippen LogP contribution in [0.5, 0.6) is 0 Å². The first-order chi connectivity index (χ1) is 5.63. The molecule has 2 nitrogen and oxygen atoms in total. The summed E-state index contributed by atoms with van der Waals surface area (Å²) in [6.45, 7) is 8.72. The molecule has 1 aliphatic rings. The Bertz CT molecular complexity index is 173. The molecule has 1 fully saturated rings. The van der Waals surface area contributed by atoms with Crippen LogP contribution in [-0.2, 0) is 0 Å². The molecule has 2 heteroatoms. The summed E-state index contributed by atoms with van der Waals surface area (Å²) in [5, 5.41) is 8.77. The minimum atomic E-state index is 0.0928. The zero-order valence-electron chi connectivity index (χ0n) is 8.25. The van der Waals surface area contributed by atoms with Crippen molar-refractivity contribution in [2.24, 2.45) is 11.8 Å². The van der Waals surface area contributed by atoms with Gasteiger partial charge in [-0.15, -0.1) is 0 Å². The number of nitriles is 1. The van der Waals surface area contributed by atoms with E-state index in [4.69, 9.17) is 5.26 Å². The highest BCUT2D eigenvalue weighted by Gasteiger charge is 2.24. The van der Waals surface area contributed by atoms with Gasteiger partial charge in [0.1, 0.15) is 0 Å². The zero-order valence-corrected chi connectivity index (χ0v) is 8.25. The molecule has 0 N–H and O–H groups in total. The third-order valence-corrected chi connectivity index (χ3v) is 2.63. The summed E-state index contributed by atoms with van der Waals surface area (Å²) >= 11 is 0. The summed E-state index contributed by atoms with van der Waals surface area (Å²) in [5.74, 6) is 1.51. The molecule has 1 saturated heterocycles. The number of nitrogens with zero attached hydrogens (tertiary/aromatic N) is 2. The highest BCUT2D eigenvalue weighted by Crippen LogP contribution is 2.22. The third-order valence-electron chi connectivity index (χ3n) is 2.63. The molecule has 0 bridgehead atoms. The van der Waals surface area contributed by atoms with Crippen molar-refractivity contribution in [1.29, 1.82) is 5.26 Å². The highest BCUT2D eigenvalue weighted by atomic mass is 15.2. The summed E-state index contributed by atoms with van der Waals surface area (Å²) in [6, 6.07) is 2.39. The van der Waals surface area contributed by atoms with Crippen molar-refractivity contribution in [3.05, 3.63) is 0 Å². The summed E-state index contributed by atoms with van der Waals surface area (Å²) in [5.41, 5.74) is 0. The number of hydrogen-bond donors (Lipinski definition) is 0. The van der Waals surface area contributed by atoms with E-state index in [1.54, 1.807) is 0 Å². The topological polar surface area (TPSA) is 27.0 Å². The second kappa shape index (κ2) is 3.91. The zero-order chi connectivity index (χ0) is 9.14. The van der Waals surface area contributed by atoms with E-state index in [1.165, 1.54) is 6.42 Å². The molecule has 0 aromatic carbocycles. The van der Waals surface area contributed by atoms with Gasteiger partial charge in [-0.05, 0) is 25.2 Å². The van der Waals surface area contributed by atoms with Gasteiger partial charge in [0.15, 0.2) is 0 Å². The molecule has 3 unspecified atom stereocenters. The van der Waals surface area contributed by atoms with Gasteiger partial charge in [-0.1, -0.05) is 13.8 Å². The lowest BCUT2D eigenvalue weighted by Crippen LogP contribution is -2.43. The molecule has 68 valence electrons. The minimum Gasteiger partial charge on any atom is -0.288 e. The monoisotopic (exact) mass is 166 g/mol. The van der Waals surface area contributed by atoms with E-state index in [-0.39, 0.29) is 6.04 Å². The first-order valence-corrected chi connectivity index (χ1v) is 4.77. The van der Waals surface area contributed by atoms with Crippen LogP contribution in [0.15, 0.2) is 0 Å². The van der Waals surface area contributed by atoms with Gasteiger partial charge in [0.25, 0.3) is 0 Å². The molecule has 1 rings (SSSR count). The summed E-state index contributed by atoms with van der Waals surface area (Å²) < 4.78 is 0. The van der Waals surface area contributed by atoms with Gasteiger partial charge in [-0.2, -0.15) is 5.26 Å². The van der Waals surface area contributed by atoms with Crippen molar-refractivity contribution in [3.63, 3.8) is 0 Å². The number of hydrogen-bond acceptors (Lipinski definition) is 2. The average molecular weight is 166 g/mol. The van der Waals surface area contributed by atoms with Crippen LogP contribution in [0.4, 0.5) is 0 Å². The molecule has 1 heterocycles. The molecule has 1 aliphatic heterocycles. The van der Waals surface area contributed by atoms with Crippen LogP contribution < -0.4 is 0 Å². The predicted molar refractivity (Wildman–Crippen MR) is 49.6 cm³/mol. The van der Waals surface area contributed by atoms with E-state index in [2.05, 4.69) is 24.8 Å². The fourth-order valence-electron chi connectivity index (χ4n) is 2.11. The molecule has 0 spiro atoms. The predicted octanol–water partition coefficient (Wildman–Crippen LogP) is 1.88. The van der Waals surface area contributed by atoms with Crippen LogP contribution >= 0.6 is 0 Å². The Morgan fingerprint density at radius 3 is 2.25 bits per heavy atom. The summed E-state index contributed by atoms with van der Waals surface area (Å²) in [4.78, 5) is 2.29. The normalized spacial score (nSPS) is 34.2. The summed E-state index contributed by atoms with van der Waals surface area (Å²) in [6.07, 6.45) is 1.31. The lowest BCUT2D eigenvalue weighted by Gasteiger charge is -2.36. The molecule has 3 atom stereocenters. The first kappa shape index (κ1) is 9.54. The Labute approximate surface area is 75.2 Å². The lowest BCUT2D eigenvalue weighted by atomic mass is 9.91. The Hall–Kier alpha value is -0.550. The van der Waals surface area contributed by atoms with Crippen LogP contribution in [0.2, 0.25) is 0 Å². The minimum absolute atomic E-state index is 0.0928. The Morgan fingerprint density at radius 1 is 1.33 bits per heavy atom. The standard InChI is InChI=1S/C10H18N2/c1-8-4-9(2)7-12(6-8)10(3)5-11/h8-10H,4,6-7H2,1-3H3. The molecule has 0 amide bonds. The Balaban J connectivity index is 2.50. The van der Waals surface area contributed by atoms with Crippen molar-refractivity contribution < 1.29 is 0 Å². The quantitative estimate of drug-likeness (QED) is 0.594. The fourth-order valence-corrected chi connectivity index (χ4v) is 2.11. The van der Waals surface area contributed by atoms with Crippen LogP contribution in [-0.4, -0.2) is 24.0 Å². The second-order valence-electron chi connectivity index (χ2n) is 4.21. The van der Waals surface area contributed by atoms with Crippen molar-refractivity contribution >= 4 is 0 Å². The van der Waals surface area contributed by atoms with Crippen molar-refractivity contribution in [1.82, 2.24) is 4.90 Å². The number of likely N-dealkylation sites (tertiary alicyclic amines) is 1. The van der Waals surface area contributed by atoms with Crippen molar-refractivity contribution in [2.75, 3.05) is 13.1 Å². The molecule has 0 radical (unpaired) electrons. The Morgan fingerprint density at radius 2 is 1.83 bits per heavy atom. The smallest absolute Gasteiger partial charge is 0.0949 e. The molecule has 0 aromatic heterocycles. The van der Waals surface area contributed by atoms with Crippen LogP contribution in [0, 0.1) is 23.2 Å². The number of rotatable bonds is 1. The SMILES string of the molecule is CC1CC(C)CN(C(C)C#N)C1. The van der Waals surface area contributed by atoms with Gasteiger partial charge in [0.2, 0.25) is 0 Å². The first-order valence-electron chi connectivity index (χ1n) is 4.77. The number of piperidine rings is 1. The average Bonchev–Trinajstić information content (AvgIpc) is 2.01. The molecular formula is C10H18N2. The maximum absolute atomic E-state index is 8.77. The molecular weight excluding hydrogens is 148 g/mol. The van der Waals surface area contributed by atoms with E-state index in [0.29, 0.717) is 0 Å². The molecule has 0 aliphatic carbocycles. The van der Waals surface area contributed by atoms with Crippen LogP contribution in [0.25, 0.3) is 0 Å². The molecule has 0 saturated carbocycles. The maximum Gasteiger partial charge on any atom is 0.0949 e. The fraction of sp³-hybridized carbons (Fsp3) is 0.900. The van der Waals surface area contributed by atoms with E-state index >= 15 is 0 Å². The van der Waals surface area contributed by atoms with Gasteiger partial charge in [0, 0.05) is 13.1 Å². The largest absolute Gasteiger partial charge is 0.288 e. The molecule has 12 heavy (non-hydrogen) atoms. The highest BCUT2D eigenvalue weighted by molar-refractivity contribution is 4.90. The van der Waals surface area contributed by atoms with Gasteiger partial charge in [0.05, 0.1) is 12.1 Å². The van der Waals surface area contributed by atoms with Crippen molar-refractivity contribution in [3.8, 4) is 6.07 Å². The Kier molecular flexibility index (Phi) is 3.11. The maximum atomic E-state index is 8.77. The van der Waals surface area contributed by atoms with Crippen LogP contribution in [0.1, 0.15) is 27.2 Å². The third kappa shape index (κ3) is 2.22. The van der Waals surface area contributed by atoms with Gasteiger partial charge < -0.3 is 0 Å². The summed E-state index contributed by atoms with van der Waals surface area (Å²) in [7, 11) is 0. The van der Waals surface area contributed by atoms with Crippen LogP contribution in [0.3, 0.4) is 0 Å². The second-order valence-corrected chi connectivity index (χ2v) is 4.21. The van der Waals surface area contributed by atoms with Crippen molar-refractivity contribution in [2.45, 2.75) is 33.2 Å². The van der Waals surface area contributed by atoms with Gasteiger partial charge in [-0.3, -0.25) is 4.90 Å². The lowest BCUT2D eigenvalue weighted by molar-refractivity contribution is 0.124. The van der Waals surface area contributed by atoms with Gasteiger partial charge in [-0.25, -0.2) is 0 Å². The van der Waals surface area contributed by atoms with E-state index in [9.17, 15) is 0 Å². The van der Waals surface area contributed by atoms with Gasteiger partial charge >= 0.3 is 0 Å². The van der Waals surface area contributed by atoms with E-state index in [0.717, 1.165) is 24.9 Å². The van der Waals surface area contributed by atoms with E-state index < -0.39 is 0 Å². The molecule has 0 aromatic rings. The van der Waals surface area contributed by atoms with E-state index in [1.807, 2.05) is 6.92 Å².